The Kier molecular flexibility index (Phi) is 4.54. The zero-order valence-corrected chi connectivity index (χ0v) is 15.6. The number of hydrogen-bond acceptors (Lipinski definition) is 4. The maximum absolute atomic E-state index is 12.6. The lowest BCUT2D eigenvalue weighted by atomic mass is 10.1. The number of benzene rings is 1. The van der Waals surface area contributed by atoms with Crippen LogP contribution >= 0.6 is 11.8 Å². The molecule has 25 heavy (non-hydrogen) atoms. The number of rotatable bonds is 7. The van der Waals surface area contributed by atoms with Crippen molar-refractivity contribution < 1.29 is 4.79 Å². The predicted molar refractivity (Wildman–Crippen MR) is 98.6 cm³/mol. The number of carbonyl (C=O) groups is 1. The highest BCUT2D eigenvalue weighted by Crippen LogP contribution is 2.46. The van der Waals surface area contributed by atoms with E-state index in [1.54, 1.807) is 0 Å². The van der Waals surface area contributed by atoms with Crippen molar-refractivity contribution in [3.63, 3.8) is 0 Å². The van der Waals surface area contributed by atoms with Gasteiger partial charge in [-0.15, -0.1) is 10.2 Å². The molecule has 5 nitrogen and oxygen atoms in total. The quantitative estimate of drug-likeness (QED) is 0.708. The van der Waals surface area contributed by atoms with Crippen molar-refractivity contribution >= 4 is 17.7 Å². The Morgan fingerprint density at radius 2 is 1.96 bits per heavy atom. The first-order valence-electron chi connectivity index (χ1n) is 9.03. The molecule has 2 aliphatic rings. The highest BCUT2D eigenvalue weighted by molar-refractivity contribution is 7.99. The molecule has 0 N–H and O–H groups in total. The number of nitrogens with zero attached hydrogens (tertiary/aromatic N) is 4. The van der Waals surface area contributed by atoms with Crippen molar-refractivity contribution in [3.8, 4) is 0 Å². The van der Waals surface area contributed by atoms with Crippen LogP contribution in [0, 0.1) is 0 Å². The summed E-state index contributed by atoms with van der Waals surface area (Å²) in [7, 11) is 1.88. The summed E-state index contributed by atoms with van der Waals surface area (Å²) in [5.74, 6) is 2.27. The van der Waals surface area contributed by atoms with Crippen molar-refractivity contribution in [1.29, 1.82) is 0 Å². The smallest absolute Gasteiger partial charge is 0.233 e. The third-order valence-corrected chi connectivity index (χ3v) is 6.05. The fourth-order valence-corrected chi connectivity index (χ4v) is 4.02. The molecule has 0 saturated heterocycles. The van der Waals surface area contributed by atoms with Gasteiger partial charge in [-0.3, -0.25) is 4.79 Å². The summed E-state index contributed by atoms with van der Waals surface area (Å²) >= 11 is 1.53. The van der Waals surface area contributed by atoms with Crippen LogP contribution in [0.1, 0.15) is 62.0 Å². The van der Waals surface area contributed by atoms with Gasteiger partial charge >= 0.3 is 0 Å². The van der Waals surface area contributed by atoms with Crippen LogP contribution in [-0.4, -0.2) is 38.4 Å². The van der Waals surface area contributed by atoms with E-state index in [9.17, 15) is 4.79 Å². The third-order valence-electron chi connectivity index (χ3n) is 5.13. The van der Waals surface area contributed by atoms with E-state index < -0.39 is 0 Å². The molecule has 2 aliphatic carbocycles. The number of aromatic nitrogens is 3. The number of hydrogen-bond donors (Lipinski definition) is 0. The molecule has 2 fully saturated rings. The summed E-state index contributed by atoms with van der Waals surface area (Å²) in [6, 6.07) is 10.8. The van der Waals surface area contributed by atoms with Gasteiger partial charge in [0.05, 0.1) is 11.8 Å². The maximum Gasteiger partial charge on any atom is 0.233 e. The summed E-state index contributed by atoms with van der Waals surface area (Å²) in [4.78, 5) is 14.4. The van der Waals surface area contributed by atoms with Gasteiger partial charge in [-0.2, -0.15) is 0 Å². The van der Waals surface area contributed by atoms with E-state index in [4.69, 9.17) is 0 Å². The van der Waals surface area contributed by atoms with Gasteiger partial charge in [0.15, 0.2) is 5.16 Å². The van der Waals surface area contributed by atoms with Gasteiger partial charge in [0.1, 0.15) is 5.82 Å². The molecule has 0 spiro atoms. The Morgan fingerprint density at radius 3 is 2.60 bits per heavy atom. The average molecular weight is 356 g/mol. The van der Waals surface area contributed by atoms with Crippen LogP contribution < -0.4 is 0 Å². The summed E-state index contributed by atoms with van der Waals surface area (Å²) < 4.78 is 2.30. The van der Waals surface area contributed by atoms with Gasteiger partial charge in [-0.05, 0) is 38.2 Å². The van der Waals surface area contributed by atoms with Crippen molar-refractivity contribution in [2.24, 2.45) is 0 Å². The lowest BCUT2D eigenvalue weighted by molar-refractivity contribution is -0.128. The average Bonchev–Trinajstić information content (AvgIpc) is 3.57. The molecule has 1 atom stereocenters. The Morgan fingerprint density at radius 1 is 1.24 bits per heavy atom. The molecule has 2 aromatic rings. The van der Waals surface area contributed by atoms with Gasteiger partial charge in [0.25, 0.3) is 0 Å². The van der Waals surface area contributed by atoms with Crippen molar-refractivity contribution in [1.82, 2.24) is 19.7 Å². The van der Waals surface area contributed by atoms with Crippen LogP contribution in [0.3, 0.4) is 0 Å². The van der Waals surface area contributed by atoms with Crippen LogP contribution in [0.25, 0.3) is 0 Å². The Hall–Kier alpha value is -1.82. The van der Waals surface area contributed by atoms with Gasteiger partial charge in [0, 0.05) is 19.0 Å². The zero-order chi connectivity index (χ0) is 17.4. The molecule has 1 amide bonds. The second kappa shape index (κ2) is 6.83. The highest BCUT2D eigenvalue weighted by atomic mass is 32.2. The molecule has 2 saturated carbocycles. The fraction of sp³-hybridized carbons (Fsp3) is 0.526. The number of thioether (sulfide) groups is 1. The standard InChI is InChI=1S/C19H24N4OS/c1-13(14-6-4-3-5-7-14)22(2)17(24)12-25-19-21-20-18(15-8-9-15)23(19)16-10-11-16/h3-7,13,15-16H,8-12H2,1-2H3/t13-/m0/s1. The summed E-state index contributed by atoms with van der Waals surface area (Å²) in [5, 5.41) is 9.71. The normalized spacial score (nSPS) is 18.2. The molecule has 1 aromatic heterocycles. The van der Waals surface area contributed by atoms with Crippen LogP contribution in [0.4, 0.5) is 0 Å². The van der Waals surface area contributed by atoms with E-state index in [0.717, 1.165) is 16.5 Å². The third kappa shape index (κ3) is 3.59. The van der Waals surface area contributed by atoms with Crippen LogP contribution in [0.5, 0.6) is 0 Å². The number of amides is 1. The van der Waals surface area contributed by atoms with Crippen LogP contribution in [-0.2, 0) is 4.79 Å². The lowest BCUT2D eigenvalue weighted by Crippen LogP contribution is -2.31. The van der Waals surface area contributed by atoms with Crippen LogP contribution in [0.15, 0.2) is 35.5 Å². The van der Waals surface area contributed by atoms with Gasteiger partial charge in [-0.25, -0.2) is 0 Å². The van der Waals surface area contributed by atoms with Crippen molar-refractivity contribution in [3.05, 3.63) is 41.7 Å². The Balaban J connectivity index is 1.40. The lowest BCUT2D eigenvalue weighted by Gasteiger charge is -2.25. The van der Waals surface area contributed by atoms with Crippen molar-refractivity contribution in [2.45, 2.75) is 55.8 Å². The molecule has 0 radical (unpaired) electrons. The first kappa shape index (κ1) is 16.6. The topological polar surface area (TPSA) is 51.0 Å². The summed E-state index contributed by atoms with van der Waals surface area (Å²) in [5.41, 5.74) is 1.15. The number of carbonyl (C=O) groups excluding carboxylic acids is 1. The van der Waals surface area contributed by atoms with E-state index in [1.807, 2.05) is 30.1 Å². The van der Waals surface area contributed by atoms with E-state index in [0.29, 0.717) is 17.7 Å². The largest absolute Gasteiger partial charge is 0.338 e. The van der Waals surface area contributed by atoms with E-state index in [-0.39, 0.29) is 11.9 Å². The first-order valence-corrected chi connectivity index (χ1v) is 10.0. The minimum absolute atomic E-state index is 0.0672. The first-order chi connectivity index (χ1) is 12.1. The predicted octanol–water partition coefficient (Wildman–Crippen LogP) is 3.80. The summed E-state index contributed by atoms with van der Waals surface area (Å²) in [6.45, 7) is 2.07. The van der Waals surface area contributed by atoms with Crippen molar-refractivity contribution in [2.75, 3.05) is 12.8 Å². The maximum atomic E-state index is 12.6. The zero-order valence-electron chi connectivity index (χ0n) is 14.8. The Labute approximate surface area is 152 Å². The fourth-order valence-electron chi connectivity index (χ4n) is 3.08. The SMILES string of the molecule is C[C@@H](c1ccccc1)N(C)C(=O)CSc1nnc(C2CC2)n1C1CC1. The van der Waals surface area contributed by atoms with E-state index >= 15 is 0 Å². The van der Waals surface area contributed by atoms with E-state index in [1.165, 1.54) is 37.4 Å². The second-order valence-electron chi connectivity index (χ2n) is 7.10. The molecule has 1 heterocycles. The minimum Gasteiger partial charge on any atom is -0.338 e. The molecule has 4 rings (SSSR count). The second-order valence-corrected chi connectivity index (χ2v) is 8.04. The van der Waals surface area contributed by atoms with Crippen LogP contribution in [0.2, 0.25) is 0 Å². The highest BCUT2D eigenvalue weighted by Gasteiger charge is 2.36. The minimum atomic E-state index is 0.0672. The molecule has 0 unspecified atom stereocenters. The van der Waals surface area contributed by atoms with Gasteiger partial charge in [-0.1, -0.05) is 42.1 Å². The molecular weight excluding hydrogens is 332 g/mol. The Bertz CT molecular complexity index is 752. The monoisotopic (exact) mass is 356 g/mol. The van der Waals surface area contributed by atoms with E-state index in [2.05, 4.69) is 33.8 Å². The van der Waals surface area contributed by atoms with Gasteiger partial charge < -0.3 is 9.47 Å². The summed E-state index contributed by atoms with van der Waals surface area (Å²) in [6.07, 6.45) is 4.88. The molecule has 0 aliphatic heterocycles. The molecule has 1 aromatic carbocycles. The molecule has 0 bridgehead atoms. The molecule has 132 valence electrons. The molecular formula is C19H24N4OS. The van der Waals surface area contributed by atoms with Gasteiger partial charge in [0.2, 0.25) is 5.91 Å². The molecule has 6 heteroatoms.